The second-order valence-electron chi connectivity index (χ2n) is 5.89. The van der Waals surface area contributed by atoms with E-state index in [1.807, 2.05) is 20.8 Å². The van der Waals surface area contributed by atoms with Gasteiger partial charge in [-0.3, -0.25) is 9.59 Å². The van der Waals surface area contributed by atoms with Gasteiger partial charge in [-0.15, -0.1) is 0 Å². The molecule has 2 N–H and O–H groups in total. The molecule has 1 saturated heterocycles. The number of nitrogens with one attached hydrogen (secondary N) is 1. The largest absolute Gasteiger partial charge is 0.391 e. The Morgan fingerprint density at radius 1 is 1.39 bits per heavy atom. The molecule has 0 bridgehead atoms. The number of nitrogens with zero attached hydrogens (tertiary/aromatic N) is 1. The second-order valence-corrected chi connectivity index (χ2v) is 5.89. The van der Waals surface area contributed by atoms with Gasteiger partial charge in [0.05, 0.1) is 6.10 Å². The number of carbonyl (C=O) groups excluding carboxylic acids is 2. The van der Waals surface area contributed by atoms with Crippen LogP contribution >= 0.6 is 0 Å². The van der Waals surface area contributed by atoms with Crippen LogP contribution in [0.4, 0.5) is 0 Å². The van der Waals surface area contributed by atoms with Crippen LogP contribution in [0.15, 0.2) is 0 Å². The van der Waals surface area contributed by atoms with Crippen molar-refractivity contribution in [3.63, 3.8) is 0 Å². The van der Waals surface area contributed by atoms with Crippen LogP contribution in [0.25, 0.3) is 0 Å². The van der Waals surface area contributed by atoms with Gasteiger partial charge in [-0.05, 0) is 12.8 Å². The van der Waals surface area contributed by atoms with Crippen LogP contribution in [0.3, 0.4) is 0 Å². The van der Waals surface area contributed by atoms with E-state index in [4.69, 9.17) is 0 Å². The minimum Gasteiger partial charge on any atom is -0.391 e. The second kappa shape index (κ2) is 6.18. The molecule has 0 radical (unpaired) electrons. The number of likely N-dealkylation sites (tertiary alicyclic amines) is 1. The van der Waals surface area contributed by atoms with Gasteiger partial charge in [0.2, 0.25) is 11.8 Å². The summed E-state index contributed by atoms with van der Waals surface area (Å²) in [6.45, 7) is 7.01. The topological polar surface area (TPSA) is 69.6 Å². The third-order valence-corrected chi connectivity index (χ3v) is 3.05. The van der Waals surface area contributed by atoms with Crippen LogP contribution in [0.5, 0.6) is 0 Å². The number of hydrogen-bond donors (Lipinski definition) is 2. The Balaban J connectivity index is 2.27. The summed E-state index contributed by atoms with van der Waals surface area (Å²) in [5, 5.41) is 12.2. The molecule has 0 spiro atoms. The van der Waals surface area contributed by atoms with Gasteiger partial charge in [0.15, 0.2) is 0 Å². The lowest BCUT2D eigenvalue weighted by Gasteiger charge is -2.30. The fraction of sp³-hybridized carbons (Fsp3) is 0.846. The maximum atomic E-state index is 11.8. The summed E-state index contributed by atoms with van der Waals surface area (Å²) in [4.78, 5) is 25.1. The highest BCUT2D eigenvalue weighted by Crippen LogP contribution is 2.13. The summed E-state index contributed by atoms with van der Waals surface area (Å²) < 4.78 is 0. The zero-order valence-corrected chi connectivity index (χ0v) is 11.5. The molecule has 104 valence electrons. The molecule has 18 heavy (non-hydrogen) atoms. The standard InChI is InChI=1S/C13H24N2O3/c1-13(2,3)12(18)14-7-6-11(17)15-8-4-5-10(16)9-15/h10,16H,4-9H2,1-3H3,(H,14,18). The van der Waals surface area contributed by atoms with Crippen molar-refractivity contribution in [3.05, 3.63) is 0 Å². The van der Waals surface area contributed by atoms with Crippen LogP contribution in [-0.4, -0.2) is 47.6 Å². The molecule has 0 aliphatic carbocycles. The minimum atomic E-state index is -0.426. The smallest absolute Gasteiger partial charge is 0.225 e. The first-order valence-corrected chi connectivity index (χ1v) is 6.55. The summed E-state index contributed by atoms with van der Waals surface area (Å²) in [6, 6.07) is 0. The molecule has 1 fully saturated rings. The molecular weight excluding hydrogens is 232 g/mol. The summed E-state index contributed by atoms with van der Waals surface area (Å²) in [5.41, 5.74) is -0.426. The van der Waals surface area contributed by atoms with Crippen molar-refractivity contribution in [2.45, 2.75) is 46.1 Å². The first-order chi connectivity index (χ1) is 8.30. The fourth-order valence-electron chi connectivity index (χ4n) is 1.89. The Bertz CT molecular complexity index is 310. The molecule has 5 heteroatoms. The van der Waals surface area contributed by atoms with Gasteiger partial charge in [-0.25, -0.2) is 0 Å². The molecule has 0 aromatic carbocycles. The van der Waals surface area contributed by atoms with Gasteiger partial charge in [0.1, 0.15) is 0 Å². The van der Waals surface area contributed by atoms with Gasteiger partial charge in [0, 0.05) is 31.5 Å². The molecule has 0 saturated carbocycles. The van der Waals surface area contributed by atoms with Crippen molar-refractivity contribution in [1.82, 2.24) is 10.2 Å². The predicted octanol–water partition coefficient (Wildman–Crippen LogP) is 0.522. The molecule has 1 rings (SSSR count). The zero-order chi connectivity index (χ0) is 13.8. The van der Waals surface area contributed by atoms with Crippen molar-refractivity contribution >= 4 is 11.8 Å². The lowest BCUT2D eigenvalue weighted by Crippen LogP contribution is -2.43. The van der Waals surface area contributed by atoms with E-state index in [2.05, 4.69) is 5.32 Å². The fourth-order valence-corrected chi connectivity index (χ4v) is 1.89. The monoisotopic (exact) mass is 256 g/mol. The Morgan fingerprint density at radius 3 is 2.61 bits per heavy atom. The number of aliphatic hydroxyl groups excluding tert-OH is 1. The van der Waals surface area contributed by atoms with Gasteiger partial charge < -0.3 is 15.3 Å². The Kier molecular flexibility index (Phi) is 5.14. The van der Waals surface area contributed by atoms with Crippen LogP contribution in [0.2, 0.25) is 0 Å². The number of carbonyl (C=O) groups is 2. The van der Waals surface area contributed by atoms with Crippen LogP contribution < -0.4 is 5.32 Å². The Labute approximate surface area is 109 Å². The molecule has 1 heterocycles. The van der Waals surface area contributed by atoms with Gasteiger partial charge in [-0.2, -0.15) is 0 Å². The third-order valence-electron chi connectivity index (χ3n) is 3.05. The number of aliphatic hydroxyl groups is 1. The zero-order valence-electron chi connectivity index (χ0n) is 11.5. The highest BCUT2D eigenvalue weighted by Gasteiger charge is 2.23. The van der Waals surface area contributed by atoms with Crippen molar-refractivity contribution in [1.29, 1.82) is 0 Å². The highest BCUT2D eigenvalue weighted by atomic mass is 16.3. The maximum absolute atomic E-state index is 11.8. The molecule has 1 aliphatic heterocycles. The highest BCUT2D eigenvalue weighted by molar-refractivity contribution is 5.82. The molecule has 0 aromatic heterocycles. The van der Waals surface area contributed by atoms with E-state index in [0.29, 0.717) is 26.1 Å². The van der Waals surface area contributed by atoms with E-state index < -0.39 is 11.5 Å². The summed E-state index contributed by atoms with van der Waals surface area (Å²) >= 11 is 0. The lowest BCUT2D eigenvalue weighted by atomic mass is 9.96. The quantitative estimate of drug-likeness (QED) is 0.773. The SMILES string of the molecule is CC(C)(C)C(=O)NCCC(=O)N1CCCC(O)C1. The van der Waals surface area contributed by atoms with E-state index in [1.54, 1.807) is 4.90 Å². The molecule has 1 aliphatic rings. The van der Waals surface area contributed by atoms with Gasteiger partial charge >= 0.3 is 0 Å². The van der Waals surface area contributed by atoms with Crippen molar-refractivity contribution in [3.8, 4) is 0 Å². The molecule has 2 amide bonds. The summed E-state index contributed by atoms with van der Waals surface area (Å²) in [7, 11) is 0. The number of amides is 2. The van der Waals surface area contributed by atoms with E-state index in [-0.39, 0.29) is 11.8 Å². The third kappa shape index (κ3) is 4.64. The van der Waals surface area contributed by atoms with E-state index >= 15 is 0 Å². The molecule has 5 nitrogen and oxygen atoms in total. The Morgan fingerprint density at radius 2 is 2.06 bits per heavy atom. The molecule has 1 unspecified atom stereocenters. The average molecular weight is 256 g/mol. The van der Waals surface area contributed by atoms with E-state index in [0.717, 1.165) is 12.8 Å². The van der Waals surface area contributed by atoms with Crippen LogP contribution in [0, 0.1) is 5.41 Å². The summed E-state index contributed by atoms with van der Waals surface area (Å²) in [5.74, 6) is -0.0445. The minimum absolute atomic E-state index is 0.00274. The number of piperidine rings is 1. The van der Waals surface area contributed by atoms with E-state index in [9.17, 15) is 14.7 Å². The lowest BCUT2D eigenvalue weighted by molar-refractivity contribution is -0.134. The maximum Gasteiger partial charge on any atom is 0.225 e. The average Bonchev–Trinajstić information content (AvgIpc) is 2.27. The number of β-amino-alcohol motifs (C(OH)–C–C–N with tert-alkyl or cyclic N) is 1. The van der Waals surface area contributed by atoms with Crippen molar-refractivity contribution in [2.24, 2.45) is 5.41 Å². The normalized spacial score (nSPS) is 20.7. The van der Waals surface area contributed by atoms with Crippen LogP contribution in [-0.2, 0) is 9.59 Å². The number of hydrogen-bond acceptors (Lipinski definition) is 3. The molecule has 0 aromatic rings. The Hall–Kier alpha value is -1.10. The predicted molar refractivity (Wildman–Crippen MR) is 68.9 cm³/mol. The first-order valence-electron chi connectivity index (χ1n) is 6.55. The molecule has 1 atom stereocenters. The van der Waals surface area contributed by atoms with Gasteiger partial charge in [-0.1, -0.05) is 20.8 Å². The van der Waals surface area contributed by atoms with Crippen molar-refractivity contribution in [2.75, 3.05) is 19.6 Å². The van der Waals surface area contributed by atoms with Crippen molar-refractivity contribution < 1.29 is 14.7 Å². The van der Waals surface area contributed by atoms with E-state index in [1.165, 1.54) is 0 Å². The van der Waals surface area contributed by atoms with Crippen LogP contribution in [0.1, 0.15) is 40.0 Å². The summed E-state index contributed by atoms with van der Waals surface area (Å²) in [6.07, 6.45) is 1.52. The number of rotatable bonds is 3. The molecular formula is C13H24N2O3. The van der Waals surface area contributed by atoms with Gasteiger partial charge in [0.25, 0.3) is 0 Å². The first kappa shape index (κ1) is 15.0.